The van der Waals surface area contributed by atoms with Crippen molar-refractivity contribution in [3.8, 4) is 5.75 Å². The largest absolute Gasteiger partial charge is 0.490 e. The van der Waals surface area contributed by atoms with E-state index in [2.05, 4.69) is 20.3 Å². The Kier molecular flexibility index (Phi) is 3.94. The number of aryl methyl sites for hydroxylation is 1. The first-order valence-corrected chi connectivity index (χ1v) is 5.78. The smallest absolute Gasteiger partial charge is 0.198 e. The zero-order chi connectivity index (χ0) is 13.0. The number of hydrogen-bond acceptors (Lipinski definition) is 5. The van der Waals surface area contributed by atoms with Crippen LogP contribution < -0.4 is 10.1 Å². The van der Waals surface area contributed by atoms with Crippen molar-refractivity contribution in [1.29, 1.82) is 0 Å². The summed E-state index contributed by atoms with van der Waals surface area (Å²) in [6.45, 7) is 2.63. The molecule has 0 amide bonds. The Balaban J connectivity index is 2.16. The van der Waals surface area contributed by atoms with E-state index in [1.165, 1.54) is 13.4 Å². The number of aromatic nitrogens is 3. The minimum absolute atomic E-state index is 0.290. The molecule has 1 N–H and O–H groups in total. The summed E-state index contributed by atoms with van der Waals surface area (Å²) in [7, 11) is 1.53. The summed E-state index contributed by atoms with van der Waals surface area (Å²) in [6, 6.07) is 1.96. The lowest BCUT2D eigenvalue weighted by Gasteiger charge is -2.11. The molecule has 2 aromatic rings. The molecule has 0 radical (unpaired) electrons. The molecule has 0 saturated carbocycles. The van der Waals surface area contributed by atoms with Crippen LogP contribution in [-0.2, 0) is 6.54 Å². The van der Waals surface area contributed by atoms with E-state index in [0.29, 0.717) is 18.1 Å². The van der Waals surface area contributed by atoms with E-state index >= 15 is 0 Å². The highest BCUT2D eigenvalue weighted by molar-refractivity contribution is 6.31. The molecule has 2 aromatic heterocycles. The zero-order valence-corrected chi connectivity index (χ0v) is 10.9. The molecular formula is C12H13ClN4O. The molecule has 0 spiro atoms. The van der Waals surface area contributed by atoms with Crippen LogP contribution in [0, 0.1) is 6.92 Å². The second-order valence-corrected chi connectivity index (χ2v) is 4.06. The number of nitrogens with zero attached hydrogens (tertiary/aromatic N) is 3. The van der Waals surface area contributed by atoms with Gasteiger partial charge in [0.15, 0.2) is 16.7 Å². The number of pyridine rings is 1. The van der Waals surface area contributed by atoms with Gasteiger partial charge in [-0.3, -0.25) is 4.98 Å². The fraction of sp³-hybridized carbons (Fsp3) is 0.250. The van der Waals surface area contributed by atoms with Crippen molar-refractivity contribution in [1.82, 2.24) is 15.0 Å². The van der Waals surface area contributed by atoms with Crippen molar-refractivity contribution >= 4 is 17.4 Å². The topological polar surface area (TPSA) is 59.9 Å². The van der Waals surface area contributed by atoms with Crippen molar-refractivity contribution in [3.63, 3.8) is 0 Å². The maximum atomic E-state index is 5.91. The second-order valence-electron chi connectivity index (χ2n) is 3.70. The quantitative estimate of drug-likeness (QED) is 0.860. The van der Waals surface area contributed by atoms with Crippen LogP contribution in [0.3, 0.4) is 0 Å². The molecule has 5 nitrogen and oxygen atoms in total. The van der Waals surface area contributed by atoms with Crippen molar-refractivity contribution < 1.29 is 4.74 Å². The Labute approximate surface area is 110 Å². The van der Waals surface area contributed by atoms with Gasteiger partial charge in [-0.05, 0) is 24.1 Å². The number of rotatable bonds is 4. The first kappa shape index (κ1) is 12.6. The number of hydrogen-bond donors (Lipinski definition) is 1. The third-order valence-electron chi connectivity index (χ3n) is 2.56. The standard InChI is InChI=1S/C12H13ClN4O/c1-8-3-4-14-5-9(8)6-15-12-10(18-2)11(13)16-7-17-12/h3-5,7H,6H2,1-2H3,(H,15,16,17). The van der Waals surface area contributed by atoms with E-state index in [4.69, 9.17) is 16.3 Å². The summed E-state index contributed by atoms with van der Waals surface area (Å²) in [5.74, 6) is 1.02. The highest BCUT2D eigenvalue weighted by atomic mass is 35.5. The van der Waals surface area contributed by atoms with Crippen LogP contribution in [0.4, 0.5) is 5.82 Å². The van der Waals surface area contributed by atoms with Gasteiger partial charge in [0, 0.05) is 18.9 Å². The normalized spacial score (nSPS) is 10.2. The first-order valence-electron chi connectivity index (χ1n) is 5.40. The summed E-state index contributed by atoms with van der Waals surface area (Å²) in [5, 5.41) is 3.45. The number of anilines is 1. The Morgan fingerprint density at radius 1 is 1.39 bits per heavy atom. The van der Waals surface area contributed by atoms with Crippen LogP contribution in [0.25, 0.3) is 0 Å². The SMILES string of the molecule is COc1c(Cl)ncnc1NCc1cnccc1C. The minimum Gasteiger partial charge on any atom is -0.490 e. The predicted octanol–water partition coefficient (Wildman–Crippen LogP) is 2.45. The van der Waals surface area contributed by atoms with Crippen LogP contribution in [0.2, 0.25) is 5.15 Å². The first-order chi connectivity index (χ1) is 8.72. The molecule has 0 bridgehead atoms. The van der Waals surface area contributed by atoms with E-state index in [-0.39, 0.29) is 5.15 Å². The summed E-state index contributed by atoms with van der Waals surface area (Å²) < 4.78 is 5.16. The Morgan fingerprint density at radius 2 is 2.22 bits per heavy atom. The van der Waals surface area contributed by atoms with Gasteiger partial charge in [0.25, 0.3) is 0 Å². The molecule has 2 rings (SSSR count). The van der Waals surface area contributed by atoms with Gasteiger partial charge in [0.05, 0.1) is 7.11 Å². The molecule has 0 atom stereocenters. The summed E-state index contributed by atoms with van der Waals surface area (Å²) in [4.78, 5) is 12.1. The van der Waals surface area contributed by atoms with Crippen LogP contribution in [-0.4, -0.2) is 22.1 Å². The summed E-state index contributed by atoms with van der Waals surface area (Å²) in [5.41, 5.74) is 2.26. The molecule has 18 heavy (non-hydrogen) atoms. The van der Waals surface area contributed by atoms with Gasteiger partial charge in [-0.25, -0.2) is 9.97 Å². The van der Waals surface area contributed by atoms with Gasteiger partial charge in [-0.15, -0.1) is 0 Å². The van der Waals surface area contributed by atoms with Gasteiger partial charge in [-0.1, -0.05) is 11.6 Å². The van der Waals surface area contributed by atoms with Crippen LogP contribution >= 0.6 is 11.6 Å². The van der Waals surface area contributed by atoms with Crippen molar-refractivity contribution in [2.24, 2.45) is 0 Å². The molecule has 0 aliphatic rings. The van der Waals surface area contributed by atoms with Gasteiger partial charge in [0.1, 0.15) is 6.33 Å². The highest BCUT2D eigenvalue weighted by Gasteiger charge is 2.10. The minimum atomic E-state index is 0.290. The summed E-state index contributed by atoms with van der Waals surface area (Å²) in [6.07, 6.45) is 4.97. The van der Waals surface area contributed by atoms with E-state index in [0.717, 1.165) is 11.1 Å². The van der Waals surface area contributed by atoms with Gasteiger partial charge in [0.2, 0.25) is 0 Å². The Hall–Kier alpha value is -1.88. The lowest BCUT2D eigenvalue weighted by atomic mass is 10.1. The fourth-order valence-corrected chi connectivity index (χ4v) is 1.73. The predicted molar refractivity (Wildman–Crippen MR) is 69.9 cm³/mol. The maximum absolute atomic E-state index is 5.91. The number of ether oxygens (including phenoxy) is 1. The number of methoxy groups -OCH3 is 1. The van der Waals surface area contributed by atoms with Crippen molar-refractivity contribution in [2.45, 2.75) is 13.5 Å². The second kappa shape index (κ2) is 5.64. The van der Waals surface area contributed by atoms with E-state index in [1.807, 2.05) is 19.2 Å². The molecule has 0 aliphatic carbocycles. The van der Waals surface area contributed by atoms with Crippen LogP contribution in [0.15, 0.2) is 24.8 Å². The fourth-order valence-electron chi connectivity index (χ4n) is 1.52. The van der Waals surface area contributed by atoms with Gasteiger partial charge < -0.3 is 10.1 Å². The lowest BCUT2D eigenvalue weighted by molar-refractivity contribution is 0.413. The number of nitrogens with one attached hydrogen (secondary N) is 1. The molecule has 0 unspecified atom stereocenters. The molecule has 0 aromatic carbocycles. The van der Waals surface area contributed by atoms with E-state index < -0.39 is 0 Å². The molecule has 0 aliphatic heterocycles. The van der Waals surface area contributed by atoms with Gasteiger partial charge >= 0.3 is 0 Å². The van der Waals surface area contributed by atoms with Crippen LogP contribution in [0.5, 0.6) is 5.75 Å². The highest BCUT2D eigenvalue weighted by Crippen LogP contribution is 2.28. The Morgan fingerprint density at radius 3 is 2.94 bits per heavy atom. The Bertz CT molecular complexity index is 547. The third-order valence-corrected chi connectivity index (χ3v) is 2.83. The number of halogens is 1. The van der Waals surface area contributed by atoms with Crippen molar-refractivity contribution in [3.05, 3.63) is 41.1 Å². The molecule has 0 saturated heterocycles. The monoisotopic (exact) mass is 264 g/mol. The third kappa shape index (κ3) is 2.68. The zero-order valence-electron chi connectivity index (χ0n) is 10.1. The molecule has 6 heteroatoms. The molecule has 2 heterocycles. The van der Waals surface area contributed by atoms with Gasteiger partial charge in [-0.2, -0.15) is 0 Å². The van der Waals surface area contributed by atoms with Crippen LogP contribution in [0.1, 0.15) is 11.1 Å². The molecule has 94 valence electrons. The van der Waals surface area contributed by atoms with E-state index in [1.54, 1.807) is 6.20 Å². The average Bonchev–Trinajstić information content (AvgIpc) is 2.38. The lowest BCUT2D eigenvalue weighted by Crippen LogP contribution is -2.05. The average molecular weight is 265 g/mol. The molecular weight excluding hydrogens is 252 g/mol. The maximum Gasteiger partial charge on any atom is 0.198 e. The summed E-state index contributed by atoms with van der Waals surface area (Å²) >= 11 is 5.91. The van der Waals surface area contributed by atoms with E-state index in [9.17, 15) is 0 Å². The van der Waals surface area contributed by atoms with Crippen molar-refractivity contribution in [2.75, 3.05) is 12.4 Å². The molecule has 0 fully saturated rings.